The minimum Gasteiger partial charge on any atom is -0.228 e. The van der Waals surface area contributed by atoms with Gasteiger partial charge in [0, 0.05) is 16.5 Å². The predicted molar refractivity (Wildman–Crippen MR) is 119 cm³/mol. The van der Waals surface area contributed by atoms with Crippen LogP contribution >= 0.6 is 0 Å². The molecule has 0 saturated heterocycles. The molecule has 6 rings (SSSR count). The van der Waals surface area contributed by atoms with Crippen LogP contribution in [0.4, 0.5) is 0 Å². The van der Waals surface area contributed by atoms with Gasteiger partial charge >= 0.3 is 0 Å². The van der Waals surface area contributed by atoms with Crippen molar-refractivity contribution in [3.63, 3.8) is 0 Å². The molecule has 0 saturated carbocycles. The topological polar surface area (TPSA) is 30.2 Å². The molecule has 6 aromatic rings. The van der Waals surface area contributed by atoms with E-state index in [0.29, 0.717) is 0 Å². The molecule has 0 unspecified atom stereocenters. The van der Waals surface area contributed by atoms with Gasteiger partial charge in [0.1, 0.15) is 0 Å². The lowest BCUT2D eigenvalue weighted by Crippen LogP contribution is -1.99. The van der Waals surface area contributed by atoms with E-state index in [9.17, 15) is 0 Å². The summed E-state index contributed by atoms with van der Waals surface area (Å²) in [5.74, 6) is 0.859. The molecule has 29 heavy (non-hydrogen) atoms. The summed E-state index contributed by atoms with van der Waals surface area (Å²) in [5.41, 5.74) is 5.18. The van der Waals surface area contributed by atoms with Gasteiger partial charge in [0.2, 0.25) is 0 Å². The number of hydrogen-bond donors (Lipinski definition) is 0. The average Bonchev–Trinajstić information content (AvgIpc) is 3.25. The first-order chi connectivity index (χ1) is 14.4. The van der Waals surface area contributed by atoms with Crippen molar-refractivity contribution < 1.29 is 0 Å². The number of aromatic nitrogens is 3. The quantitative estimate of drug-likeness (QED) is 0.354. The van der Waals surface area contributed by atoms with Gasteiger partial charge in [-0.25, -0.2) is 9.50 Å². The first kappa shape index (κ1) is 16.0. The fraction of sp³-hybridized carbons (Fsp3) is 0. The highest BCUT2D eigenvalue weighted by Crippen LogP contribution is 2.32. The van der Waals surface area contributed by atoms with E-state index in [0.717, 1.165) is 39.1 Å². The van der Waals surface area contributed by atoms with E-state index in [1.165, 1.54) is 10.8 Å². The Morgan fingerprint density at radius 3 is 2.24 bits per heavy atom. The van der Waals surface area contributed by atoms with Crippen LogP contribution < -0.4 is 0 Å². The highest BCUT2D eigenvalue weighted by atomic mass is 15.3. The Morgan fingerprint density at radius 1 is 0.621 bits per heavy atom. The first-order valence-corrected chi connectivity index (χ1v) is 9.70. The lowest BCUT2D eigenvalue weighted by molar-refractivity contribution is 0.951. The third kappa shape index (κ3) is 2.52. The molecule has 0 amide bonds. The molecule has 4 aromatic carbocycles. The third-order valence-electron chi connectivity index (χ3n) is 5.42. The van der Waals surface area contributed by atoms with Crippen LogP contribution in [0.25, 0.3) is 49.8 Å². The summed E-state index contributed by atoms with van der Waals surface area (Å²) in [5, 5.41) is 8.45. The van der Waals surface area contributed by atoms with Gasteiger partial charge in [0.15, 0.2) is 5.82 Å². The Bertz CT molecular complexity index is 1490. The van der Waals surface area contributed by atoms with E-state index in [1.54, 1.807) is 0 Å². The van der Waals surface area contributed by atoms with Crippen molar-refractivity contribution in [2.24, 2.45) is 0 Å². The average molecular weight is 371 g/mol. The van der Waals surface area contributed by atoms with Crippen molar-refractivity contribution in [2.45, 2.75) is 0 Å². The van der Waals surface area contributed by atoms with Crippen molar-refractivity contribution in [3.8, 4) is 22.6 Å². The smallest absolute Gasteiger partial charge is 0.162 e. The second kappa shape index (κ2) is 6.28. The molecule has 136 valence electrons. The summed E-state index contributed by atoms with van der Waals surface area (Å²) < 4.78 is 1.99. The number of fused-ring (bicyclic) bond motifs is 4. The number of nitrogens with zero attached hydrogens (tertiary/aromatic N) is 3. The van der Waals surface area contributed by atoms with Gasteiger partial charge in [-0.1, -0.05) is 91.0 Å². The molecule has 0 aliphatic carbocycles. The molecule has 3 nitrogen and oxygen atoms in total. The van der Waals surface area contributed by atoms with Crippen molar-refractivity contribution in [1.82, 2.24) is 14.6 Å². The first-order valence-electron chi connectivity index (χ1n) is 9.70. The Labute approximate surface area is 167 Å². The Kier molecular flexibility index (Phi) is 3.47. The molecule has 0 N–H and O–H groups in total. The maximum Gasteiger partial charge on any atom is 0.162 e. The van der Waals surface area contributed by atoms with Crippen LogP contribution in [0.3, 0.4) is 0 Å². The van der Waals surface area contributed by atoms with Crippen LogP contribution in [-0.2, 0) is 0 Å². The van der Waals surface area contributed by atoms with E-state index in [2.05, 4.69) is 78.9 Å². The summed E-state index contributed by atoms with van der Waals surface area (Å²) in [7, 11) is 0. The maximum absolute atomic E-state index is 5.03. The van der Waals surface area contributed by atoms with Crippen molar-refractivity contribution in [2.75, 3.05) is 0 Å². The zero-order chi connectivity index (χ0) is 19.2. The summed E-state index contributed by atoms with van der Waals surface area (Å²) in [6.45, 7) is 0. The van der Waals surface area contributed by atoms with E-state index in [-0.39, 0.29) is 0 Å². The van der Waals surface area contributed by atoms with Gasteiger partial charge in [0.05, 0.1) is 16.7 Å². The molecule has 0 bridgehead atoms. The zero-order valence-electron chi connectivity index (χ0n) is 15.7. The van der Waals surface area contributed by atoms with E-state index < -0.39 is 0 Å². The van der Waals surface area contributed by atoms with Crippen molar-refractivity contribution in [3.05, 3.63) is 103 Å². The molecule has 2 heterocycles. The summed E-state index contributed by atoms with van der Waals surface area (Å²) >= 11 is 0. The minimum absolute atomic E-state index is 0.859. The Balaban J connectivity index is 1.74. The number of benzene rings is 4. The molecule has 3 heteroatoms. The summed E-state index contributed by atoms with van der Waals surface area (Å²) in [6, 6.07) is 35.5. The van der Waals surface area contributed by atoms with Crippen LogP contribution in [0.5, 0.6) is 0 Å². The van der Waals surface area contributed by atoms with Gasteiger partial charge < -0.3 is 0 Å². The van der Waals surface area contributed by atoms with Crippen LogP contribution in [-0.4, -0.2) is 14.6 Å². The Morgan fingerprint density at radius 2 is 1.34 bits per heavy atom. The molecule has 0 spiro atoms. The fourth-order valence-electron chi connectivity index (χ4n) is 4.03. The second-order valence-electron chi connectivity index (χ2n) is 7.17. The largest absolute Gasteiger partial charge is 0.228 e. The highest BCUT2D eigenvalue weighted by Gasteiger charge is 2.15. The molecule has 0 aliphatic heterocycles. The molecule has 0 aliphatic rings. The second-order valence-corrected chi connectivity index (χ2v) is 7.17. The van der Waals surface area contributed by atoms with E-state index in [1.807, 2.05) is 28.8 Å². The molecular weight excluding hydrogens is 354 g/mol. The monoisotopic (exact) mass is 371 g/mol. The summed E-state index contributed by atoms with van der Waals surface area (Å²) in [4.78, 5) is 5.03. The minimum atomic E-state index is 0.859. The van der Waals surface area contributed by atoms with Crippen LogP contribution in [0.1, 0.15) is 0 Å². The molecule has 0 atom stereocenters. The zero-order valence-corrected chi connectivity index (χ0v) is 15.7. The van der Waals surface area contributed by atoms with Gasteiger partial charge in [-0.3, -0.25) is 0 Å². The van der Waals surface area contributed by atoms with Crippen molar-refractivity contribution >= 4 is 27.2 Å². The van der Waals surface area contributed by atoms with Gasteiger partial charge in [-0.05, 0) is 22.9 Å². The van der Waals surface area contributed by atoms with Gasteiger partial charge in [-0.15, -0.1) is 0 Å². The molecule has 0 fully saturated rings. The Hall–Kier alpha value is -3.98. The van der Waals surface area contributed by atoms with E-state index in [4.69, 9.17) is 10.1 Å². The predicted octanol–water partition coefficient (Wildman–Crippen LogP) is 6.37. The van der Waals surface area contributed by atoms with Crippen LogP contribution in [0.2, 0.25) is 0 Å². The SMILES string of the molecule is c1ccc(-c2cc3c4ccccc4nc(-c4cccc5ccccc45)n3n2)cc1. The highest BCUT2D eigenvalue weighted by molar-refractivity contribution is 6.00. The fourth-order valence-corrected chi connectivity index (χ4v) is 4.03. The molecular formula is C26H17N3. The van der Waals surface area contributed by atoms with E-state index >= 15 is 0 Å². The molecule has 0 radical (unpaired) electrons. The van der Waals surface area contributed by atoms with Crippen LogP contribution in [0.15, 0.2) is 103 Å². The number of hydrogen-bond acceptors (Lipinski definition) is 2. The van der Waals surface area contributed by atoms with Crippen molar-refractivity contribution in [1.29, 1.82) is 0 Å². The number of para-hydroxylation sites is 1. The maximum atomic E-state index is 5.03. The normalized spacial score (nSPS) is 11.4. The lowest BCUT2D eigenvalue weighted by atomic mass is 10.0. The van der Waals surface area contributed by atoms with Gasteiger partial charge in [0.25, 0.3) is 0 Å². The third-order valence-corrected chi connectivity index (χ3v) is 5.42. The standard InChI is InChI=1S/C26H17N3/c1-2-10-19(11-3-1)24-17-25-22-14-6-7-16-23(22)27-26(29(25)28-24)21-15-8-12-18-9-4-5-13-20(18)21/h1-17H. The van der Waals surface area contributed by atoms with Crippen LogP contribution in [0, 0.1) is 0 Å². The molecule has 2 aromatic heterocycles. The number of rotatable bonds is 2. The lowest BCUT2D eigenvalue weighted by Gasteiger charge is -2.10. The summed E-state index contributed by atoms with van der Waals surface area (Å²) in [6.07, 6.45) is 0. The van der Waals surface area contributed by atoms with Gasteiger partial charge in [-0.2, -0.15) is 5.10 Å².